The van der Waals surface area contributed by atoms with Gasteiger partial charge in [-0.05, 0) is 42.3 Å². The molecule has 1 heterocycles. The molecule has 1 amide bonds. The summed E-state index contributed by atoms with van der Waals surface area (Å²) < 4.78 is 13.0. The number of benzene rings is 2. The Morgan fingerprint density at radius 3 is 2.40 bits per heavy atom. The first-order valence-corrected chi connectivity index (χ1v) is 8.67. The highest BCUT2D eigenvalue weighted by molar-refractivity contribution is 5.78. The average molecular weight is 341 g/mol. The smallest absolute Gasteiger partial charge is 0.236 e. The molecule has 0 spiro atoms. The normalized spacial score (nSPS) is 14.6. The lowest BCUT2D eigenvalue weighted by Crippen LogP contribution is -2.50. The second-order valence-electron chi connectivity index (χ2n) is 6.37. The van der Waals surface area contributed by atoms with Crippen LogP contribution in [0.3, 0.4) is 0 Å². The fraction of sp³-hybridized carbons (Fsp3) is 0.350. The Bertz CT molecular complexity index is 709. The minimum absolute atomic E-state index is 0.132. The van der Waals surface area contributed by atoms with Gasteiger partial charge in [-0.2, -0.15) is 0 Å². The first-order valence-electron chi connectivity index (χ1n) is 8.67. The maximum absolute atomic E-state index is 13.0. The largest absolute Gasteiger partial charge is 0.368 e. The van der Waals surface area contributed by atoms with Crippen molar-refractivity contribution in [1.29, 1.82) is 0 Å². The lowest BCUT2D eigenvalue weighted by Gasteiger charge is -2.36. The van der Waals surface area contributed by atoms with Crippen molar-refractivity contribution in [3.8, 4) is 0 Å². The fourth-order valence-electron chi connectivity index (χ4n) is 3.09. The first-order chi connectivity index (χ1) is 12.1. The molecule has 2 aromatic rings. The van der Waals surface area contributed by atoms with Crippen LogP contribution >= 0.6 is 0 Å². The number of hydrogen-bond acceptors (Lipinski definition) is 3. The van der Waals surface area contributed by atoms with Gasteiger partial charge in [-0.25, -0.2) is 4.39 Å². The average Bonchev–Trinajstić information content (AvgIpc) is 2.64. The number of hydrogen-bond donors (Lipinski definition) is 1. The van der Waals surface area contributed by atoms with Gasteiger partial charge < -0.3 is 15.1 Å². The van der Waals surface area contributed by atoms with E-state index in [1.807, 2.05) is 17.0 Å². The molecule has 2 aromatic carbocycles. The molecule has 132 valence electrons. The molecular formula is C20H24FN3O. The van der Waals surface area contributed by atoms with Crippen LogP contribution in [0.4, 0.5) is 10.1 Å². The van der Waals surface area contributed by atoms with Crippen molar-refractivity contribution in [2.45, 2.75) is 13.5 Å². The van der Waals surface area contributed by atoms with E-state index < -0.39 is 0 Å². The van der Waals surface area contributed by atoms with Crippen LogP contribution in [0.2, 0.25) is 0 Å². The third-order valence-corrected chi connectivity index (χ3v) is 4.68. The minimum Gasteiger partial charge on any atom is -0.368 e. The van der Waals surface area contributed by atoms with Gasteiger partial charge >= 0.3 is 0 Å². The van der Waals surface area contributed by atoms with E-state index in [2.05, 4.69) is 29.3 Å². The molecule has 1 N–H and O–H groups in total. The second-order valence-corrected chi connectivity index (χ2v) is 6.37. The summed E-state index contributed by atoms with van der Waals surface area (Å²) in [5.74, 6) is -0.0929. The summed E-state index contributed by atoms with van der Waals surface area (Å²) in [6.07, 6.45) is 0. The predicted molar refractivity (Wildman–Crippen MR) is 98.1 cm³/mol. The highest BCUT2D eigenvalue weighted by Gasteiger charge is 2.20. The monoisotopic (exact) mass is 341 g/mol. The number of aryl methyl sites for hydroxylation is 1. The van der Waals surface area contributed by atoms with E-state index in [1.165, 1.54) is 23.3 Å². The molecule has 0 saturated carbocycles. The van der Waals surface area contributed by atoms with E-state index in [0.717, 1.165) is 18.8 Å². The predicted octanol–water partition coefficient (Wildman–Crippen LogP) is 2.57. The molecule has 0 aromatic heterocycles. The number of amides is 1. The van der Waals surface area contributed by atoms with Gasteiger partial charge in [-0.15, -0.1) is 0 Å². The van der Waals surface area contributed by atoms with Crippen LogP contribution in [0.15, 0.2) is 48.5 Å². The zero-order valence-corrected chi connectivity index (χ0v) is 14.5. The molecule has 0 atom stereocenters. The number of piperazine rings is 1. The molecule has 0 unspecified atom stereocenters. The molecule has 5 heteroatoms. The zero-order valence-electron chi connectivity index (χ0n) is 14.5. The number of rotatable bonds is 5. The van der Waals surface area contributed by atoms with E-state index in [4.69, 9.17) is 0 Å². The van der Waals surface area contributed by atoms with Crippen LogP contribution < -0.4 is 10.2 Å². The lowest BCUT2D eigenvalue weighted by molar-refractivity contribution is -0.130. The Kier molecular flexibility index (Phi) is 5.66. The zero-order chi connectivity index (χ0) is 17.6. The summed E-state index contributed by atoms with van der Waals surface area (Å²) in [6, 6.07) is 14.7. The van der Waals surface area contributed by atoms with Crippen molar-refractivity contribution in [3.63, 3.8) is 0 Å². The summed E-state index contributed by atoms with van der Waals surface area (Å²) in [6.45, 7) is 6.07. The summed E-state index contributed by atoms with van der Waals surface area (Å²) >= 11 is 0. The number of nitrogens with zero attached hydrogens (tertiary/aromatic N) is 2. The highest BCUT2D eigenvalue weighted by atomic mass is 19.1. The van der Waals surface area contributed by atoms with Gasteiger partial charge in [-0.3, -0.25) is 4.79 Å². The molecule has 3 rings (SSSR count). The molecular weight excluding hydrogens is 317 g/mol. The molecule has 1 aliphatic heterocycles. The SMILES string of the molecule is Cc1ccccc1CNCC(=O)N1CCN(c2ccc(F)cc2)CC1. The Balaban J connectivity index is 1.44. The molecule has 0 aliphatic carbocycles. The number of carbonyl (C=O) groups excluding carboxylic acids is 1. The highest BCUT2D eigenvalue weighted by Crippen LogP contribution is 2.16. The van der Waals surface area contributed by atoms with Crippen LogP contribution in [0.25, 0.3) is 0 Å². The van der Waals surface area contributed by atoms with Gasteiger partial charge in [0.25, 0.3) is 0 Å². The van der Waals surface area contributed by atoms with Gasteiger partial charge in [0, 0.05) is 38.4 Å². The summed E-state index contributed by atoms with van der Waals surface area (Å²) in [5, 5.41) is 3.24. The van der Waals surface area contributed by atoms with Gasteiger partial charge in [0.1, 0.15) is 5.82 Å². The lowest BCUT2D eigenvalue weighted by atomic mass is 10.1. The number of anilines is 1. The third-order valence-electron chi connectivity index (χ3n) is 4.68. The number of halogens is 1. The van der Waals surface area contributed by atoms with Crippen molar-refractivity contribution < 1.29 is 9.18 Å². The van der Waals surface area contributed by atoms with Crippen LogP contribution in [0.5, 0.6) is 0 Å². The molecule has 25 heavy (non-hydrogen) atoms. The van der Waals surface area contributed by atoms with E-state index in [1.54, 1.807) is 12.1 Å². The van der Waals surface area contributed by atoms with Gasteiger partial charge in [0.05, 0.1) is 6.54 Å². The van der Waals surface area contributed by atoms with Gasteiger partial charge in [0.15, 0.2) is 0 Å². The van der Waals surface area contributed by atoms with E-state index >= 15 is 0 Å². The third kappa shape index (κ3) is 4.57. The summed E-state index contributed by atoms with van der Waals surface area (Å²) in [7, 11) is 0. The van der Waals surface area contributed by atoms with Crippen molar-refractivity contribution in [3.05, 3.63) is 65.5 Å². The molecule has 0 bridgehead atoms. The van der Waals surface area contributed by atoms with Crippen LogP contribution in [0.1, 0.15) is 11.1 Å². The maximum atomic E-state index is 13.0. The number of carbonyl (C=O) groups is 1. The van der Waals surface area contributed by atoms with E-state index in [-0.39, 0.29) is 11.7 Å². The molecule has 1 saturated heterocycles. The maximum Gasteiger partial charge on any atom is 0.236 e. The Morgan fingerprint density at radius 2 is 1.72 bits per heavy atom. The van der Waals surface area contributed by atoms with Gasteiger partial charge in [0.2, 0.25) is 5.91 Å². The van der Waals surface area contributed by atoms with Crippen molar-refractivity contribution in [2.24, 2.45) is 0 Å². The standard InChI is InChI=1S/C20H24FN3O/c1-16-4-2-3-5-17(16)14-22-15-20(25)24-12-10-23(11-13-24)19-8-6-18(21)7-9-19/h2-9,22H,10-15H2,1H3. The number of nitrogens with one attached hydrogen (secondary N) is 1. The first kappa shape index (κ1) is 17.4. The Labute approximate surface area is 148 Å². The van der Waals surface area contributed by atoms with Crippen LogP contribution in [0, 0.1) is 12.7 Å². The van der Waals surface area contributed by atoms with E-state index in [9.17, 15) is 9.18 Å². The van der Waals surface area contributed by atoms with Crippen molar-refractivity contribution in [1.82, 2.24) is 10.2 Å². The Morgan fingerprint density at radius 1 is 1.04 bits per heavy atom. The second kappa shape index (κ2) is 8.12. The fourth-order valence-corrected chi connectivity index (χ4v) is 3.09. The topological polar surface area (TPSA) is 35.6 Å². The summed E-state index contributed by atoms with van der Waals surface area (Å²) in [5.41, 5.74) is 3.46. The molecule has 0 radical (unpaired) electrons. The summed E-state index contributed by atoms with van der Waals surface area (Å²) in [4.78, 5) is 16.4. The molecule has 1 fully saturated rings. The van der Waals surface area contributed by atoms with Crippen LogP contribution in [-0.4, -0.2) is 43.5 Å². The van der Waals surface area contributed by atoms with Crippen molar-refractivity contribution in [2.75, 3.05) is 37.6 Å². The molecule has 1 aliphatic rings. The van der Waals surface area contributed by atoms with Crippen molar-refractivity contribution >= 4 is 11.6 Å². The Hall–Kier alpha value is -2.40. The quantitative estimate of drug-likeness (QED) is 0.908. The van der Waals surface area contributed by atoms with Gasteiger partial charge in [-0.1, -0.05) is 24.3 Å². The molecule has 4 nitrogen and oxygen atoms in total. The van der Waals surface area contributed by atoms with E-state index in [0.29, 0.717) is 26.2 Å². The minimum atomic E-state index is -0.225. The van der Waals surface area contributed by atoms with Crippen LogP contribution in [-0.2, 0) is 11.3 Å².